The minimum atomic E-state index is -0.587. The number of H-pyrrole nitrogens is 1. The minimum Gasteiger partial charge on any atom is -0.344 e. The molecule has 3 aromatic heterocycles. The number of fused-ring (bicyclic) bond motifs is 1. The highest BCUT2D eigenvalue weighted by atomic mass is 19.1. The van der Waals surface area contributed by atoms with Crippen molar-refractivity contribution in [3.8, 4) is 22.5 Å². The van der Waals surface area contributed by atoms with Crippen LogP contribution in [0.3, 0.4) is 0 Å². The summed E-state index contributed by atoms with van der Waals surface area (Å²) in [5.74, 6) is -0.708. The molecule has 41 heavy (non-hydrogen) atoms. The Morgan fingerprint density at radius 3 is 2.61 bits per heavy atom. The van der Waals surface area contributed by atoms with Crippen molar-refractivity contribution in [2.45, 2.75) is 39.7 Å². The van der Waals surface area contributed by atoms with E-state index in [2.05, 4.69) is 37.3 Å². The summed E-state index contributed by atoms with van der Waals surface area (Å²) >= 11 is 0. The smallest absolute Gasteiger partial charge is 0.315 e. The van der Waals surface area contributed by atoms with Gasteiger partial charge in [-0.05, 0) is 42.8 Å². The number of carbonyl (C=O) groups is 2. The largest absolute Gasteiger partial charge is 0.344 e. The van der Waals surface area contributed by atoms with Gasteiger partial charge >= 0.3 is 11.8 Å². The van der Waals surface area contributed by atoms with Crippen molar-refractivity contribution in [3.63, 3.8) is 0 Å². The molecule has 0 bridgehead atoms. The standard InChI is InChI=1S/C30H28FN7O3/c1-6-23(39)34-22-10-7-16(2)13-20(22)25-35-24-19(11-12-32-26(24)36-25)17-8-9-18(21(31)14-17)15-33-27(40)28-37-29(38-41-28)30(3,4)5/h6-14H,1,15H2,2-5H3,(H,33,40)(H,34,39)(H,32,35,36). The summed E-state index contributed by atoms with van der Waals surface area (Å²) in [6.07, 6.45) is 2.80. The summed E-state index contributed by atoms with van der Waals surface area (Å²) in [6, 6.07) is 12.1. The second-order valence-electron chi connectivity index (χ2n) is 10.5. The molecule has 0 aliphatic rings. The number of hydrogen-bond acceptors (Lipinski definition) is 7. The van der Waals surface area contributed by atoms with Crippen molar-refractivity contribution < 1.29 is 18.5 Å². The number of pyridine rings is 1. The number of aromatic amines is 1. The molecule has 0 saturated carbocycles. The first-order valence-electron chi connectivity index (χ1n) is 12.8. The van der Waals surface area contributed by atoms with Gasteiger partial charge in [0.15, 0.2) is 11.5 Å². The fraction of sp³-hybridized carbons (Fsp3) is 0.200. The summed E-state index contributed by atoms with van der Waals surface area (Å²) in [7, 11) is 0. The number of hydrogen-bond donors (Lipinski definition) is 3. The molecule has 0 radical (unpaired) electrons. The average Bonchev–Trinajstić information content (AvgIpc) is 3.61. The van der Waals surface area contributed by atoms with Gasteiger partial charge in [-0.15, -0.1) is 0 Å². The second-order valence-corrected chi connectivity index (χ2v) is 10.5. The Bertz CT molecular complexity index is 1800. The van der Waals surface area contributed by atoms with E-state index in [1.807, 2.05) is 39.8 Å². The Labute approximate surface area is 235 Å². The zero-order chi connectivity index (χ0) is 29.3. The number of aryl methyl sites for hydroxylation is 1. The molecule has 0 aliphatic carbocycles. The molecule has 3 heterocycles. The molecule has 0 atom stereocenters. The number of benzene rings is 2. The first kappa shape index (κ1) is 27.4. The molecule has 10 nitrogen and oxygen atoms in total. The highest BCUT2D eigenvalue weighted by Gasteiger charge is 2.24. The lowest BCUT2D eigenvalue weighted by atomic mass is 9.96. The number of anilines is 1. The number of aromatic nitrogens is 5. The van der Waals surface area contributed by atoms with Gasteiger partial charge < -0.3 is 20.1 Å². The molecular weight excluding hydrogens is 525 g/mol. The van der Waals surface area contributed by atoms with Gasteiger partial charge in [0.1, 0.15) is 17.2 Å². The van der Waals surface area contributed by atoms with Gasteiger partial charge in [0.05, 0.1) is 5.69 Å². The van der Waals surface area contributed by atoms with Crippen LogP contribution in [0.4, 0.5) is 10.1 Å². The van der Waals surface area contributed by atoms with E-state index in [-0.39, 0.29) is 29.3 Å². The van der Waals surface area contributed by atoms with Crippen molar-refractivity contribution in [1.82, 2.24) is 30.4 Å². The van der Waals surface area contributed by atoms with Crippen LogP contribution in [0, 0.1) is 12.7 Å². The van der Waals surface area contributed by atoms with E-state index < -0.39 is 11.7 Å². The molecular formula is C30H28FN7O3. The minimum absolute atomic E-state index is 0.0664. The van der Waals surface area contributed by atoms with Crippen molar-refractivity contribution >= 4 is 28.7 Å². The maximum atomic E-state index is 15.2. The van der Waals surface area contributed by atoms with E-state index in [9.17, 15) is 9.59 Å². The normalized spacial score (nSPS) is 11.4. The number of nitrogens with one attached hydrogen (secondary N) is 3. The quantitative estimate of drug-likeness (QED) is 0.227. The van der Waals surface area contributed by atoms with Crippen LogP contribution in [-0.2, 0) is 16.8 Å². The van der Waals surface area contributed by atoms with Gasteiger partial charge in [-0.1, -0.05) is 56.3 Å². The average molecular weight is 554 g/mol. The number of imidazole rings is 1. The number of amides is 2. The van der Waals surface area contributed by atoms with Crippen LogP contribution in [0.1, 0.15) is 48.4 Å². The number of halogens is 1. The number of rotatable bonds is 7. The summed E-state index contributed by atoms with van der Waals surface area (Å²) in [4.78, 5) is 40.9. The third-order valence-electron chi connectivity index (χ3n) is 6.35. The predicted molar refractivity (Wildman–Crippen MR) is 152 cm³/mol. The Morgan fingerprint density at radius 1 is 1.10 bits per heavy atom. The summed E-state index contributed by atoms with van der Waals surface area (Å²) in [5.41, 5.74) is 4.42. The van der Waals surface area contributed by atoms with Gasteiger partial charge in [-0.3, -0.25) is 9.59 Å². The van der Waals surface area contributed by atoms with Gasteiger partial charge in [0, 0.05) is 34.8 Å². The van der Waals surface area contributed by atoms with E-state index in [4.69, 9.17) is 9.51 Å². The topological polar surface area (TPSA) is 139 Å². The fourth-order valence-corrected chi connectivity index (χ4v) is 4.15. The van der Waals surface area contributed by atoms with Crippen molar-refractivity contribution in [2.24, 2.45) is 0 Å². The van der Waals surface area contributed by atoms with E-state index >= 15 is 4.39 Å². The van der Waals surface area contributed by atoms with Crippen molar-refractivity contribution in [3.05, 3.63) is 90.0 Å². The van der Waals surface area contributed by atoms with E-state index in [0.29, 0.717) is 45.2 Å². The monoisotopic (exact) mass is 553 g/mol. The lowest BCUT2D eigenvalue weighted by molar-refractivity contribution is -0.111. The highest BCUT2D eigenvalue weighted by Crippen LogP contribution is 2.32. The molecule has 5 rings (SSSR count). The molecule has 0 aliphatic heterocycles. The molecule has 2 aromatic carbocycles. The molecule has 0 spiro atoms. The molecule has 5 aromatic rings. The molecule has 0 unspecified atom stereocenters. The van der Waals surface area contributed by atoms with Gasteiger partial charge in [0.25, 0.3) is 0 Å². The molecule has 11 heteroatoms. The third kappa shape index (κ3) is 5.74. The molecule has 0 fully saturated rings. The number of nitrogens with zero attached hydrogens (tertiary/aromatic N) is 4. The number of carbonyl (C=O) groups excluding carboxylic acids is 2. The first-order valence-corrected chi connectivity index (χ1v) is 12.8. The lowest BCUT2D eigenvalue weighted by Gasteiger charge is -2.10. The highest BCUT2D eigenvalue weighted by molar-refractivity contribution is 6.02. The first-order chi connectivity index (χ1) is 19.5. The van der Waals surface area contributed by atoms with Gasteiger partial charge in [-0.2, -0.15) is 4.98 Å². The van der Waals surface area contributed by atoms with E-state index in [0.717, 1.165) is 5.56 Å². The summed E-state index contributed by atoms with van der Waals surface area (Å²) in [6.45, 7) is 11.1. The molecule has 3 N–H and O–H groups in total. The Morgan fingerprint density at radius 2 is 1.90 bits per heavy atom. The van der Waals surface area contributed by atoms with E-state index in [1.54, 1.807) is 30.5 Å². The lowest BCUT2D eigenvalue weighted by Crippen LogP contribution is -2.24. The maximum absolute atomic E-state index is 15.2. The third-order valence-corrected chi connectivity index (χ3v) is 6.35. The van der Waals surface area contributed by atoms with Crippen molar-refractivity contribution in [1.29, 1.82) is 0 Å². The van der Waals surface area contributed by atoms with Crippen LogP contribution >= 0.6 is 0 Å². The summed E-state index contributed by atoms with van der Waals surface area (Å²) in [5, 5.41) is 9.26. The van der Waals surface area contributed by atoms with Gasteiger partial charge in [0.2, 0.25) is 5.91 Å². The van der Waals surface area contributed by atoms with Crippen LogP contribution in [-0.4, -0.2) is 36.9 Å². The predicted octanol–water partition coefficient (Wildman–Crippen LogP) is 5.47. The molecule has 0 saturated heterocycles. The summed E-state index contributed by atoms with van der Waals surface area (Å²) < 4.78 is 20.2. The van der Waals surface area contributed by atoms with Crippen LogP contribution in [0.2, 0.25) is 0 Å². The molecule has 208 valence electrons. The van der Waals surface area contributed by atoms with Crippen LogP contribution in [0.15, 0.2) is 65.8 Å². The molecule has 2 amide bonds. The van der Waals surface area contributed by atoms with Gasteiger partial charge in [-0.25, -0.2) is 14.4 Å². The Balaban J connectivity index is 1.40. The van der Waals surface area contributed by atoms with E-state index in [1.165, 1.54) is 12.1 Å². The maximum Gasteiger partial charge on any atom is 0.315 e. The zero-order valence-corrected chi connectivity index (χ0v) is 23.0. The van der Waals surface area contributed by atoms with Crippen LogP contribution in [0.5, 0.6) is 0 Å². The Hall–Kier alpha value is -5.19. The SMILES string of the molecule is C=CC(=O)Nc1ccc(C)cc1-c1nc2c(-c3ccc(CNC(=O)c4nc(C(C)(C)C)no4)c(F)c3)ccnc2[nH]1. The fourth-order valence-electron chi connectivity index (χ4n) is 4.15. The van der Waals surface area contributed by atoms with Crippen molar-refractivity contribution in [2.75, 3.05) is 5.32 Å². The second kappa shape index (κ2) is 10.8. The van der Waals surface area contributed by atoms with Crippen LogP contribution < -0.4 is 10.6 Å². The van der Waals surface area contributed by atoms with Crippen LogP contribution in [0.25, 0.3) is 33.7 Å². The Kier molecular flexibility index (Phi) is 7.19. The zero-order valence-electron chi connectivity index (χ0n) is 23.0.